The molecule has 0 saturated heterocycles. The Bertz CT molecular complexity index is 1020. The summed E-state index contributed by atoms with van der Waals surface area (Å²) in [5.41, 5.74) is 5.39. The number of rotatable bonds is 5. The van der Waals surface area contributed by atoms with Crippen LogP contribution in [0.3, 0.4) is 0 Å². The summed E-state index contributed by atoms with van der Waals surface area (Å²) < 4.78 is 0.705. The minimum Gasteiger partial charge on any atom is -0.320 e. The van der Waals surface area contributed by atoms with Gasteiger partial charge >= 0.3 is 0 Å². The molecule has 0 aliphatic rings. The van der Waals surface area contributed by atoms with Crippen molar-refractivity contribution < 1.29 is 9.59 Å². The van der Waals surface area contributed by atoms with Gasteiger partial charge in [0.2, 0.25) is 0 Å². The van der Waals surface area contributed by atoms with Crippen LogP contribution in [0.1, 0.15) is 32.0 Å². The normalized spacial score (nSPS) is 10.3. The van der Waals surface area contributed by atoms with Gasteiger partial charge in [0.25, 0.3) is 11.8 Å². The van der Waals surface area contributed by atoms with E-state index in [-0.39, 0.29) is 23.7 Å². The van der Waals surface area contributed by atoms with Crippen LogP contribution in [0.25, 0.3) is 0 Å². The summed E-state index contributed by atoms with van der Waals surface area (Å²) in [5, 5.41) is 6.71. The summed E-state index contributed by atoms with van der Waals surface area (Å²) >= 11 is 3.34. The number of amides is 2. The van der Waals surface area contributed by atoms with Crippen molar-refractivity contribution in [3.8, 4) is 0 Å². The van der Waals surface area contributed by atoms with E-state index < -0.39 is 11.8 Å². The Labute approximate surface area is 183 Å². The van der Waals surface area contributed by atoms with E-state index in [0.717, 1.165) is 11.1 Å². The first kappa shape index (κ1) is 22.3. The number of carbonyl (C=O) groups is 2. The molecule has 1 aromatic heterocycles. The number of aromatic nitrogens is 1. The standard InChI is InChI=1S/C21H17BrN4O2.ClH/c1-14-5-7-15(8-6-14)13-24-26-20(27)17-12-16(22)9-10-18(17)25-21(28)19-4-2-3-11-23-19;/h2-13H,1H3,(H,25,28)(H,26,27);1H. The maximum absolute atomic E-state index is 12.6. The third-order valence-corrected chi connectivity index (χ3v) is 4.32. The SMILES string of the molecule is Cc1ccc(C=NNC(=O)c2cc(Br)ccc2NC(=O)c2ccccn2)cc1.Cl. The first-order chi connectivity index (χ1) is 13.5. The molecule has 3 rings (SSSR count). The molecule has 2 N–H and O–H groups in total. The van der Waals surface area contributed by atoms with E-state index in [4.69, 9.17) is 0 Å². The predicted molar refractivity (Wildman–Crippen MR) is 120 cm³/mol. The molecule has 0 fully saturated rings. The van der Waals surface area contributed by atoms with Crippen molar-refractivity contribution in [3.05, 3.63) is 93.7 Å². The van der Waals surface area contributed by atoms with Crippen molar-refractivity contribution in [2.24, 2.45) is 5.10 Å². The van der Waals surface area contributed by atoms with Gasteiger partial charge in [0.1, 0.15) is 5.69 Å². The molecular weight excluding hydrogens is 456 g/mol. The number of hydrazone groups is 1. The highest BCUT2D eigenvalue weighted by Gasteiger charge is 2.15. The van der Waals surface area contributed by atoms with Crippen molar-refractivity contribution in [3.63, 3.8) is 0 Å². The second kappa shape index (κ2) is 10.5. The van der Waals surface area contributed by atoms with Gasteiger partial charge in [0, 0.05) is 10.7 Å². The van der Waals surface area contributed by atoms with Crippen molar-refractivity contribution in [2.75, 3.05) is 5.32 Å². The van der Waals surface area contributed by atoms with Crippen LogP contribution in [-0.4, -0.2) is 23.0 Å². The number of pyridine rings is 1. The molecule has 2 amide bonds. The summed E-state index contributed by atoms with van der Waals surface area (Å²) in [4.78, 5) is 28.9. The van der Waals surface area contributed by atoms with Crippen molar-refractivity contribution in [2.45, 2.75) is 6.92 Å². The summed E-state index contributed by atoms with van der Waals surface area (Å²) in [6, 6.07) is 17.8. The Morgan fingerprint density at radius 1 is 1.03 bits per heavy atom. The maximum Gasteiger partial charge on any atom is 0.274 e. The molecule has 0 unspecified atom stereocenters. The molecule has 6 nitrogen and oxygen atoms in total. The van der Waals surface area contributed by atoms with Gasteiger partial charge in [-0.05, 0) is 42.8 Å². The number of nitrogens with one attached hydrogen (secondary N) is 2. The summed E-state index contributed by atoms with van der Waals surface area (Å²) in [6.45, 7) is 2.00. The number of aryl methyl sites for hydroxylation is 1. The van der Waals surface area contributed by atoms with E-state index in [1.54, 1.807) is 42.6 Å². The molecule has 0 aliphatic heterocycles. The molecule has 8 heteroatoms. The maximum atomic E-state index is 12.6. The van der Waals surface area contributed by atoms with Crippen LogP contribution < -0.4 is 10.7 Å². The Morgan fingerprint density at radius 3 is 2.48 bits per heavy atom. The molecule has 0 aliphatic carbocycles. The lowest BCUT2D eigenvalue weighted by Gasteiger charge is -2.10. The lowest BCUT2D eigenvalue weighted by molar-refractivity contribution is 0.0956. The monoisotopic (exact) mass is 472 g/mol. The number of halogens is 2. The Hall–Kier alpha value is -3.03. The summed E-state index contributed by atoms with van der Waals surface area (Å²) in [5.74, 6) is -0.846. The fourth-order valence-corrected chi connectivity index (χ4v) is 2.74. The highest BCUT2D eigenvalue weighted by atomic mass is 79.9. The van der Waals surface area contributed by atoms with E-state index in [1.807, 2.05) is 31.2 Å². The largest absolute Gasteiger partial charge is 0.320 e. The zero-order chi connectivity index (χ0) is 19.9. The van der Waals surface area contributed by atoms with Gasteiger partial charge in [0.15, 0.2) is 0 Å². The second-order valence-corrected chi connectivity index (χ2v) is 6.88. The Kier molecular flexibility index (Phi) is 8.06. The number of hydrogen-bond donors (Lipinski definition) is 2. The Morgan fingerprint density at radius 2 is 1.79 bits per heavy atom. The average Bonchev–Trinajstić information content (AvgIpc) is 2.71. The van der Waals surface area contributed by atoms with E-state index in [9.17, 15) is 9.59 Å². The smallest absolute Gasteiger partial charge is 0.274 e. The first-order valence-corrected chi connectivity index (χ1v) is 9.24. The van der Waals surface area contributed by atoms with Gasteiger partial charge in [-0.25, -0.2) is 5.43 Å². The van der Waals surface area contributed by atoms with E-state index >= 15 is 0 Å². The molecule has 0 saturated carbocycles. The van der Waals surface area contributed by atoms with Crippen LogP contribution in [0.15, 0.2) is 76.4 Å². The molecule has 1 heterocycles. The minimum absolute atomic E-state index is 0. The zero-order valence-electron chi connectivity index (χ0n) is 15.4. The van der Waals surface area contributed by atoms with Gasteiger partial charge in [0.05, 0.1) is 17.5 Å². The van der Waals surface area contributed by atoms with Crippen LogP contribution in [0.4, 0.5) is 5.69 Å². The van der Waals surface area contributed by atoms with E-state index in [0.29, 0.717) is 10.2 Å². The second-order valence-electron chi connectivity index (χ2n) is 5.97. The van der Waals surface area contributed by atoms with Gasteiger partial charge in [-0.15, -0.1) is 12.4 Å². The number of nitrogens with zero attached hydrogens (tertiary/aromatic N) is 2. The zero-order valence-corrected chi connectivity index (χ0v) is 17.8. The molecule has 0 bridgehead atoms. The van der Waals surface area contributed by atoms with Crippen LogP contribution in [-0.2, 0) is 0 Å². The average molecular weight is 474 g/mol. The number of benzene rings is 2. The van der Waals surface area contributed by atoms with Crippen LogP contribution in [0.2, 0.25) is 0 Å². The lowest BCUT2D eigenvalue weighted by atomic mass is 10.1. The van der Waals surface area contributed by atoms with Crippen LogP contribution in [0.5, 0.6) is 0 Å². The molecule has 2 aromatic carbocycles. The number of carbonyl (C=O) groups excluding carboxylic acids is 2. The number of hydrogen-bond acceptors (Lipinski definition) is 4. The van der Waals surface area contributed by atoms with E-state index in [2.05, 4.69) is 36.8 Å². The van der Waals surface area contributed by atoms with Crippen LogP contribution >= 0.6 is 28.3 Å². The first-order valence-electron chi connectivity index (χ1n) is 8.45. The number of anilines is 1. The minimum atomic E-state index is -0.444. The summed E-state index contributed by atoms with van der Waals surface area (Å²) in [6.07, 6.45) is 3.09. The molecular formula is C21H18BrClN4O2. The molecule has 148 valence electrons. The van der Waals surface area contributed by atoms with Crippen molar-refractivity contribution in [1.29, 1.82) is 0 Å². The Balaban J connectivity index is 0.00000300. The topological polar surface area (TPSA) is 83.5 Å². The highest BCUT2D eigenvalue weighted by molar-refractivity contribution is 9.10. The molecule has 0 atom stereocenters. The van der Waals surface area contributed by atoms with Crippen LogP contribution in [0, 0.1) is 6.92 Å². The van der Waals surface area contributed by atoms with Gasteiger partial charge in [-0.1, -0.05) is 51.8 Å². The summed E-state index contributed by atoms with van der Waals surface area (Å²) in [7, 11) is 0. The fourth-order valence-electron chi connectivity index (χ4n) is 2.37. The lowest BCUT2D eigenvalue weighted by Crippen LogP contribution is -2.21. The van der Waals surface area contributed by atoms with Gasteiger partial charge in [-0.3, -0.25) is 14.6 Å². The third-order valence-electron chi connectivity index (χ3n) is 3.83. The molecule has 0 spiro atoms. The fraction of sp³-hybridized carbons (Fsp3) is 0.0476. The quantitative estimate of drug-likeness (QED) is 0.420. The molecule has 3 aromatic rings. The van der Waals surface area contributed by atoms with Gasteiger partial charge < -0.3 is 5.32 Å². The van der Waals surface area contributed by atoms with Gasteiger partial charge in [-0.2, -0.15) is 5.10 Å². The van der Waals surface area contributed by atoms with E-state index in [1.165, 1.54) is 6.20 Å². The van der Waals surface area contributed by atoms with Crippen molar-refractivity contribution >= 4 is 52.1 Å². The molecule has 0 radical (unpaired) electrons. The third kappa shape index (κ3) is 6.23. The predicted octanol–water partition coefficient (Wildman–Crippen LogP) is 4.59. The van der Waals surface area contributed by atoms with Crippen molar-refractivity contribution in [1.82, 2.24) is 10.4 Å². The molecule has 29 heavy (non-hydrogen) atoms. The highest BCUT2D eigenvalue weighted by Crippen LogP contribution is 2.21.